The Balaban J connectivity index is 1.50. The van der Waals surface area contributed by atoms with Crippen LogP contribution in [-0.4, -0.2) is 22.9 Å². The average Bonchev–Trinajstić information content (AvgIpc) is 3.20. The molecule has 1 N–H and O–H groups in total. The Morgan fingerprint density at radius 2 is 1.94 bits per heavy atom. The third-order valence-corrected chi connectivity index (χ3v) is 6.23. The van der Waals surface area contributed by atoms with Crippen LogP contribution in [0.5, 0.6) is 5.75 Å². The normalized spacial score (nSPS) is 15.1. The van der Waals surface area contributed by atoms with Gasteiger partial charge in [0.15, 0.2) is 11.2 Å². The van der Waals surface area contributed by atoms with Gasteiger partial charge in [0.1, 0.15) is 11.6 Å². The van der Waals surface area contributed by atoms with Crippen molar-refractivity contribution in [3.63, 3.8) is 0 Å². The number of amides is 2. The summed E-state index contributed by atoms with van der Waals surface area (Å²) in [4.78, 5) is 31.9. The Labute approximate surface area is 187 Å². The number of hydrogen-bond acceptors (Lipinski definition) is 5. The van der Waals surface area contributed by atoms with Crippen LogP contribution in [0.25, 0.3) is 10.2 Å². The Morgan fingerprint density at radius 3 is 2.75 bits per heavy atom. The maximum Gasteiger partial charge on any atom is 0.266 e. The van der Waals surface area contributed by atoms with E-state index in [-0.39, 0.29) is 6.42 Å². The molecule has 0 aliphatic carbocycles. The predicted molar refractivity (Wildman–Crippen MR) is 122 cm³/mol. The number of nitrogens with zero attached hydrogens (tertiary/aromatic N) is 2. The Kier molecular flexibility index (Phi) is 5.07. The molecule has 8 heteroatoms. The number of ether oxygens (including phenoxy) is 1. The monoisotopic (exact) mass is 447 g/mol. The van der Waals surface area contributed by atoms with Gasteiger partial charge in [-0.25, -0.2) is 9.37 Å². The largest absolute Gasteiger partial charge is 0.478 e. The van der Waals surface area contributed by atoms with Crippen LogP contribution in [0.2, 0.25) is 0 Å². The van der Waals surface area contributed by atoms with E-state index >= 15 is 0 Å². The van der Waals surface area contributed by atoms with E-state index < -0.39 is 23.7 Å². The molecule has 0 fully saturated rings. The Bertz CT molecular complexity index is 1320. The minimum Gasteiger partial charge on any atom is -0.478 e. The number of carbonyl (C=O) groups excluding carboxylic acids is 2. The lowest BCUT2D eigenvalue weighted by Gasteiger charge is -2.27. The van der Waals surface area contributed by atoms with Crippen LogP contribution in [0.15, 0.2) is 66.7 Å². The number of rotatable bonds is 4. The summed E-state index contributed by atoms with van der Waals surface area (Å²) in [6.45, 7) is 1.65. The molecule has 1 aliphatic heterocycles. The zero-order chi connectivity index (χ0) is 22.2. The molecule has 32 heavy (non-hydrogen) atoms. The van der Waals surface area contributed by atoms with E-state index in [1.165, 1.54) is 22.3 Å². The number of para-hydroxylation sites is 3. The number of hydrogen-bond donors (Lipinski definition) is 1. The van der Waals surface area contributed by atoms with Crippen molar-refractivity contribution in [1.29, 1.82) is 0 Å². The smallest absolute Gasteiger partial charge is 0.266 e. The molecule has 0 saturated carbocycles. The number of halogens is 1. The van der Waals surface area contributed by atoms with Gasteiger partial charge in [0.25, 0.3) is 5.91 Å². The van der Waals surface area contributed by atoms with Gasteiger partial charge in [0.05, 0.1) is 28.0 Å². The fourth-order valence-corrected chi connectivity index (χ4v) is 4.52. The molecule has 0 unspecified atom stereocenters. The lowest BCUT2D eigenvalue weighted by atomic mass is 10.1. The number of benzene rings is 3. The van der Waals surface area contributed by atoms with Gasteiger partial charge in [-0.2, -0.15) is 0 Å². The van der Waals surface area contributed by atoms with Crippen LogP contribution in [0.3, 0.4) is 0 Å². The van der Waals surface area contributed by atoms with Crippen molar-refractivity contribution in [3.8, 4) is 5.75 Å². The highest BCUT2D eigenvalue weighted by atomic mass is 32.1. The van der Waals surface area contributed by atoms with Gasteiger partial charge >= 0.3 is 0 Å². The molecule has 6 nitrogen and oxygen atoms in total. The number of aromatic nitrogens is 1. The zero-order valence-electron chi connectivity index (χ0n) is 17.0. The summed E-state index contributed by atoms with van der Waals surface area (Å²) in [5.41, 5.74) is 2.11. The van der Waals surface area contributed by atoms with E-state index in [0.29, 0.717) is 27.8 Å². The van der Waals surface area contributed by atoms with E-state index in [0.717, 1.165) is 10.2 Å². The number of anilines is 3. The first kappa shape index (κ1) is 20.1. The quantitative estimate of drug-likeness (QED) is 0.467. The summed E-state index contributed by atoms with van der Waals surface area (Å²) in [6, 6.07) is 19.1. The lowest BCUT2D eigenvalue weighted by Crippen LogP contribution is -2.41. The fraction of sp³-hybridized carbons (Fsp3) is 0.125. The van der Waals surface area contributed by atoms with Crippen LogP contribution in [-0.2, 0) is 9.59 Å². The van der Waals surface area contributed by atoms with Gasteiger partial charge in [0, 0.05) is 0 Å². The number of thiazole rings is 1. The first-order valence-electron chi connectivity index (χ1n) is 10.0. The van der Waals surface area contributed by atoms with Crippen molar-refractivity contribution >= 4 is 49.9 Å². The molecule has 1 aromatic heterocycles. The lowest BCUT2D eigenvalue weighted by molar-refractivity contribution is -0.129. The van der Waals surface area contributed by atoms with Gasteiger partial charge < -0.3 is 10.1 Å². The zero-order valence-corrected chi connectivity index (χ0v) is 17.9. The van der Waals surface area contributed by atoms with E-state index in [9.17, 15) is 14.0 Å². The van der Waals surface area contributed by atoms with Crippen molar-refractivity contribution in [3.05, 3.63) is 78.1 Å². The van der Waals surface area contributed by atoms with Crippen molar-refractivity contribution in [2.75, 3.05) is 10.2 Å². The van der Waals surface area contributed by atoms with E-state index in [1.807, 2.05) is 24.3 Å². The van der Waals surface area contributed by atoms with Crippen LogP contribution < -0.4 is 15.0 Å². The molecule has 0 bridgehead atoms. The van der Waals surface area contributed by atoms with Crippen LogP contribution >= 0.6 is 11.3 Å². The SMILES string of the molecule is Cc1ccc(N(C(=O)C[C@@H]2Oc3ccccc3NC2=O)c2nc3ccccc3s2)cc1F. The third-order valence-electron chi connectivity index (χ3n) is 5.20. The van der Waals surface area contributed by atoms with Crippen molar-refractivity contribution in [2.45, 2.75) is 19.4 Å². The van der Waals surface area contributed by atoms with Crippen LogP contribution in [0.1, 0.15) is 12.0 Å². The molecule has 1 atom stereocenters. The summed E-state index contributed by atoms with van der Waals surface area (Å²) in [6.07, 6.45) is -1.24. The highest BCUT2D eigenvalue weighted by molar-refractivity contribution is 7.22. The average molecular weight is 447 g/mol. The minimum absolute atomic E-state index is 0.231. The maximum absolute atomic E-state index is 14.4. The second-order valence-electron chi connectivity index (χ2n) is 7.42. The summed E-state index contributed by atoms with van der Waals surface area (Å²) in [5.74, 6) is -0.761. The van der Waals surface area contributed by atoms with E-state index in [2.05, 4.69) is 10.3 Å². The van der Waals surface area contributed by atoms with Crippen LogP contribution in [0.4, 0.5) is 20.9 Å². The van der Waals surface area contributed by atoms with Crippen molar-refractivity contribution in [2.24, 2.45) is 0 Å². The van der Waals surface area contributed by atoms with Gasteiger partial charge in [-0.05, 0) is 48.9 Å². The summed E-state index contributed by atoms with van der Waals surface area (Å²) >= 11 is 1.32. The molecule has 160 valence electrons. The molecule has 2 amide bonds. The Morgan fingerprint density at radius 1 is 1.16 bits per heavy atom. The van der Waals surface area contributed by atoms with E-state index in [1.54, 1.807) is 43.3 Å². The molecule has 0 radical (unpaired) electrons. The Hall–Kier alpha value is -3.78. The van der Waals surface area contributed by atoms with Gasteiger partial charge in [-0.3, -0.25) is 14.5 Å². The summed E-state index contributed by atoms with van der Waals surface area (Å²) in [5, 5.41) is 3.16. The molecule has 0 saturated heterocycles. The number of carbonyl (C=O) groups is 2. The molecule has 0 spiro atoms. The summed E-state index contributed by atoms with van der Waals surface area (Å²) < 4.78 is 21.1. The molecule has 3 aromatic carbocycles. The maximum atomic E-state index is 14.4. The molecule has 1 aliphatic rings. The van der Waals surface area contributed by atoms with E-state index in [4.69, 9.17) is 4.74 Å². The number of aryl methyl sites for hydroxylation is 1. The molecule has 5 rings (SSSR count). The number of nitrogens with one attached hydrogen (secondary N) is 1. The minimum atomic E-state index is -1.01. The molecular weight excluding hydrogens is 429 g/mol. The van der Waals surface area contributed by atoms with Crippen molar-refractivity contribution < 1.29 is 18.7 Å². The van der Waals surface area contributed by atoms with Gasteiger partial charge in [0.2, 0.25) is 5.91 Å². The highest BCUT2D eigenvalue weighted by Crippen LogP contribution is 2.36. The van der Waals surface area contributed by atoms with Gasteiger partial charge in [-0.1, -0.05) is 41.7 Å². The summed E-state index contributed by atoms with van der Waals surface area (Å²) in [7, 11) is 0. The molecule has 4 aromatic rings. The second kappa shape index (κ2) is 8.05. The topological polar surface area (TPSA) is 71.5 Å². The molecular formula is C24H18FN3O3S. The first-order chi connectivity index (χ1) is 15.5. The predicted octanol–water partition coefficient (Wildman–Crippen LogP) is 5.20. The fourth-order valence-electron chi connectivity index (χ4n) is 3.51. The second-order valence-corrected chi connectivity index (χ2v) is 8.43. The van der Waals surface area contributed by atoms with Gasteiger partial charge in [-0.15, -0.1) is 0 Å². The number of fused-ring (bicyclic) bond motifs is 2. The van der Waals surface area contributed by atoms with Crippen LogP contribution in [0, 0.1) is 12.7 Å². The highest BCUT2D eigenvalue weighted by Gasteiger charge is 2.33. The first-order valence-corrected chi connectivity index (χ1v) is 10.8. The third kappa shape index (κ3) is 3.69. The molecule has 2 heterocycles. The van der Waals surface area contributed by atoms with Crippen molar-refractivity contribution in [1.82, 2.24) is 4.98 Å². The standard InChI is InChI=1S/C24H18FN3O3S/c1-14-10-11-15(12-16(14)25)28(24-27-18-7-3-5-9-21(18)32-24)22(29)13-20-23(30)26-17-6-2-4-8-19(17)31-20/h2-12,20H,13H2,1H3,(H,26,30)/t20-/m0/s1.